The van der Waals surface area contributed by atoms with Gasteiger partial charge in [-0.1, -0.05) is 0 Å². The van der Waals surface area contributed by atoms with Crippen LogP contribution < -0.4 is 0 Å². The summed E-state index contributed by atoms with van der Waals surface area (Å²) >= 11 is 0. The molecule has 0 radical (unpaired) electrons. The zero-order valence-electron chi connectivity index (χ0n) is 12.6. The first-order valence-electron chi connectivity index (χ1n) is 6.20. The Bertz CT molecular complexity index is 1010. The Morgan fingerprint density at radius 1 is 0.786 bits per heavy atom. The lowest BCUT2D eigenvalue weighted by molar-refractivity contribution is -0.542. The first-order chi connectivity index (χ1) is 12.9. The number of hydrogen-bond donors (Lipinski definition) is 2. The molecule has 20 heteroatoms. The summed E-state index contributed by atoms with van der Waals surface area (Å²) in [6, 6.07) is 0. The number of carboxylic acid groups (broad SMARTS) is 2. The largest absolute Gasteiger partial charge is 0.474 e. The molecule has 0 unspecified atom stereocenters. The highest BCUT2D eigenvalue weighted by molar-refractivity contribution is 5.88. The molecule has 0 aliphatic heterocycles. The lowest BCUT2D eigenvalue weighted by atomic mass is 10.5. The summed E-state index contributed by atoms with van der Waals surface area (Å²) in [5, 5.41) is 60.9. The van der Waals surface area contributed by atoms with E-state index in [2.05, 4.69) is 9.97 Å². The molecule has 2 heterocycles. The number of carbonyl (C=O) groups is 2. The summed E-state index contributed by atoms with van der Waals surface area (Å²) in [5.41, 5.74) is 0. The summed E-state index contributed by atoms with van der Waals surface area (Å²) in [6.07, 6.45) is 0. The van der Waals surface area contributed by atoms with E-state index < -0.39 is 75.9 Å². The lowest BCUT2D eigenvalue weighted by Crippen LogP contribution is -2.22. The van der Waals surface area contributed by atoms with Crippen molar-refractivity contribution in [1.82, 2.24) is 19.2 Å². The molecule has 2 aromatic rings. The molecule has 20 nitrogen and oxygen atoms in total. The minimum Gasteiger partial charge on any atom is -0.474 e. The molecule has 0 fully saturated rings. The van der Waals surface area contributed by atoms with Crippen LogP contribution in [0.4, 0.5) is 17.5 Å². The number of nitro groups is 4. The molecule has 0 bridgehead atoms. The third-order valence-corrected chi connectivity index (χ3v) is 2.92. The second-order valence-electron chi connectivity index (χ2n) is 4.43. The van der Waals surface area contributed by atoms with Crippen LogP contribution in [0.3, 0.4) is 0 Å². The van der Waals surface area contributed by atoms with Gasteiger partial charge in [0.25, 0.3) is 0 Å². The van der Waals surface area contributed by atoms with E-state index in [1.807, 2.05) is 0 Å². The fourth-order valence-electron chi connectivity index (χ4n) is 2.03. The smallest absolute Gasteiger partial charge is 0.463 e. The van der Waals surface area contributed by atoms with Crippen LogP contribution in [0.1, 0.15) is 21.2 Å². The lowest BCUT2D eigenvalue weighted by Gasteiger charge is -1.99. The second-order valence-corrected chi connectivity index (χ2v) is 4.43. The van der Waals surface area contributed by atoms with Crippen molar-refractivity contribution < 1.29 is 39.6 Å². The van der Waals surface area contributed by atoms with Crippen LogP contribution in [0, 0.1) is 40.5 Å². The second kappa shape index (κ2) is 6.36. The molecule has 0 spiro atoms. The van der Waals surface area contributed by atoms with Gasteiger partial charge in [0, 0.05) is 14.6 Å². The molecule has 28 heavy (non-hydrogen) atoms. The summed E-state index contributed by atoms with van der Waals surface area (Å²) in [7, 11) is 0. The average Bonchev–Trinajstić information content (AvgIpc) is 3.13. The van der Waals surface area contributed by atoms with E-state index >= 15 is 0 Å². The molecule has 146 valence electrons. The number of aromatic carboxylic acids is 2. The maximum Gasteiger partial charge on any atom is 0.463 e. The Morgan fingerprint density at radius 2 is 1.25 bits per heavy atom. The number of carboxylic acids is 2. The summed E-state index contributed by atoms with van der Waals surface area (Å²) < 4.78 is -1.06. The van der Waals surface area contributed by atoms with Crippen molar-refractivity contribution in [2.75, 3.05) is 0 Å². The number of aromatic nitrogens is 4. The fourth-order valence-corrected chi connectivity index (χ4v) is 2.03. The molecule has 0 amide bonds. The van der Waals surface area contributed by atoms with E-state index in [0.29, 0.717) is 0 Å². The molecular weight excluding hydrogens is 400 g/mol. The first-order valence-corrected chi connectivity index (χ1v) is 6.20. The molecule has 0 aliphatic rings. The van der Waals surface area contributed by atoms with Gasteiger partial charge in [-0.3, -0.25) is 0 Å². The third kappa shape index (κ3) is 2.76. The van der Waals surface area contributed by atoms with Crippen molar-refractivity contribution in [1.29, 1.82) is 0 Å². The molecule has 0 aliphatic carbocycles. The van der Waals surface area contributed by atoms with Crippen LogP contribution in [0.15, 0.2) is 0 Å². The Kier molecular flexibility index (Phi) is 4.38. The molecule has 2 rings (SSSR count). The molecule has 0 aromatic carbocycles. The van der Waals surface area contributed by atoms with Gasteiger partial charge in [0.05, 0.1) is 0 Å². The fraction of sp³-hybridized carbons (Fsp3) is 0. The molecule has 2 N–H and O–H groups in total. The van der Waals surface area contributed by atoms with Gasteiger partial charge < -0.3 is 40.6 Å². The number of hydrogen-bond acceptors (Lipinski definition) is 12. The minimum absolute atomic E-state index is 0.416. The van der Waals surface area contributed by atoms with E-state index in [9.17, 15) is 50.0 Å². The summed E-state index contributed by atoms with van der Waals surface area (Å²) in [4.78, 5) is 68.0. The Morgan fingerprint density at radius 3 is 1.61 bits per heavy atom. The number of nitrogens with zero attached hydrogens (tertiary/aromatic N) is 8. The van der Waals surface area contributed by atoms with Gasteiger partial charge in [-0.2, -0.15) is 0 Å². The maximum absolute atomic E-state index is 11.3. The van der Waals surface area contributed by atoms with Crippen LogP contribution in [0.25, 0.3) is 5.82 Å². The van der Waals surface area contributed by atoms with Crippen LogP contribution in [0.5, 0.6) is 0 Å². The highest BCUT2D eigenvalue weighted by Gasteiger charge is 2.51. The van der Waals surface area contributed by atoms with Crippen molar-refractivity contribution in [2.45, 2.75) is 0 Å². The van der Waals surface area contributed by atoms with Crippen LogP contribution in [-0.4, -0.2) is 61.2 Å². The van der Waals surface area contributed by atoms with Gasteiger partial charge >= 0.3 is 46.9 Å². The van der Waals surface area contributed by atoms with E-state index in [1.165, 1.54) is 0 Å². The van der Waals surface area contributed by atoms with Crippen molar-refractivity contribution in [3.8, 4) is 5.82 Å². The quantitative estimate of drug-likeness (QED) is 0.424. The molecular formula is C8H2N8O12. The van der Waals surface area contributed by atoms with Crippen LogP contribution in [-0.2, 0) is 0 Å². The number of rotatable bonds is 7. The molecule has 0 saturated carbocycles. The van der Waals surface area contributed by atoms with E-state index in [0.717, 1.165) is 0 Å². The highest BCUT2D eigenvalue weighted by Crippen LogP contribution is 2.35. The molecule has 0 atom stereocenters. The van der Waals surface area contributed by atoms with E-state index in [4.69, 9.17) is 10.2 Å². The molecule has 2 aromatic heterocycles. The standard InChI is InChI=1S/C8H2N8O12/c17-7(18)3-9-2(14(23)24)6(15(25)26)11(3)5-1(13(21)22)10-4(8(19)20)12(5)16(27)28/h(H,17,18)(H,19,20). The van der Waals surface area contributed by atoms with Gasteiger partial charge in [-0.15, -0.1) is 4.57 Å². The zero-order chi connectivity index (χ0) is 21.5. The predicted molar refractivity (Wildman–Crippen MR) is 75.6 cm³/mol. The van der Waals surface area contributed by atoms with Crippen LogP contribution in [0.2, 0.25) is 0 Å². The SMILES string of the molecule is O=C(O)c1nc([N+](=O)[O-])c([N+](=O)[O-])n1-c1c([N+](=O)[O-])nc(C(=O)O)n1[N+](=O)[O-]. The Labute approximate surface area is 147 Å². The van der Waals surface area contributed by atoms with Gasteiger partial charge in [0.2, 0.25) is 0 Å². The van der Waals surface area contributed by atoms with Crippen molar-refractivity contribution in [3.63, 3.8) is 0 Å². The summed E-state index contributed by atoms with van der Waals surface area (Å²) in [5.74, 6) is -14.5. The van der Waals surface area contributed by atoms with Gasteiger partial charge in [-0.25, -0.2) is 19.7 Å². The maximum atomic E-state index is 11.3. The van der Waals surface area contributed by atoms with Gasteiger partial charge in [0.15, 0.2) is 5.03 Å². The van der Waals surface area contributed by atoms with Gasteiger partial charge in [0.1, 0.15) is 0 Å². The topological polar surface area (TPSA) is 283 Å². The zero-order valence-corrected chi connectivity index (χ0v) is 12.6. The van der Waals surface area contributed by atoms with Crippen molar-refractivity contribution in [3.05, 3.63) is 52.1 Å². The van der Waals surface area contributed by atoms with Crippen molar-refractivity contribution in [2.24, 2.45) is 0 Å². The minimum atomic E-state index is -2.21. The van der Waals surface area contributed by atoms with E-state index in [-0.39, 0.29) is 0 Å². The predicted octanol–water partition coefficient (Wildman–Crippen LogP) is -0.770. The van der Waals surface area contributed by atoms with Crippen molar-refractivity contribution >= 4 is 29.4 Å². The Hall–Kier alpha value is -5.04. The van der Waals surface area contributed by atoms with E-state index in [1.54, 1.807) is 0 Å². The normalized spacial score (nSPS) is 10.4. The average molecular weight is 402 g/mol. The highest BCUT2D eigenvalue weighted by atomic mass is 16.7. The third-order valence-electron chi connectivity index (χ3n) is 2.92. The first kappa shape index (κ1) is 19.3. The Balaban J connectivity index is 3.19. The monoisotopic (exact) mass is 402 g/mol. The van der Waals surface area contributed by atoms with Crippen LogP contribution >= 0.6 is 0 Å². The number of imidazole rings is 2. The molecule has 0 saturated heterocycles. The summed E-state index contributed by atoms with van der Waals surface area (Å²) in [6.45, 7) is 0. The van der Waals surface area contributed by atoms with Gasteiger partial charge in [-0.05, 0) is 14.8 Å².